The number of carbonyl (C=O) groups is 1. The van der Waals surface area contributed by atoms with Gasteiger partial charge < -0.3 is 15.9 Å². The fraction of sp³-hybridized carbons (Fsp3) is 0.714. The lowest BCUT2D eigenvalue weighted by Crippen LogP contribution is -2.30. The highest BCUT2D eigenvalue weighted by molar-refractivity contribution is 5.70. The molecule has 1 aliphatic rings. The molecule has 3 atom stereocenters. The van der Waals surface area contributed by atoms with E-state index in [0.717, 1.165) is 12.8 Å². The molecule has 0 radical (unpaired) electrons. The van der Waals surface area contributed by atoms with E-state index in [4.69, 9.17) is 10.8 Å². The van der Waals surface area contributed by atoms with Gasteiger partial charge in [0, 0.05) is 6.20 Å². The topological polar surface area (TPSA) is 101 Å². The van der Waals surface area contributed by atoms with E-state index < -0.39 is 11.6 Å². The molecule has 4 N–H and O–H groups in total. The number of nitrogens with two attached hydrogens (primary N) is 1. The minimum absolute atomic E-state index is 0.113. The molecule has 0 aromatic carbocycles. The first-order valence-electron chi connectivity index (χ1n) is 7.00. The fourth-order valence-corrected chi connectivity index (χ4v) is 3.04. The van der Waals surface area contributed by atoms with Crippen LogP contribution in [-0.2, 0) is 10.4 Å². The Hall–Kier alpha value is -1.56. The van der Waals surface area contributed by atoms with Crippen molar-refractivity contribution in [1.29, 1.82) is 0 Å². The Bertz CT molecular complexity index is 504. The third-order valence-corrected chi connectivity index (χ3v) is 4.17. The smallest absolute Gasteiger partial charge is 0.306 e. The van der Waals surface area contributed by atoms with Gasteiger partial charge in [-0.05, 0) is 39.0 Å². The molecule has 0 bridgehead atoms. The molecule has 0 saturated heterocycles. The van der Waals surface area contributed by atoms with Crippen molar-refractivity contribution in [2.45, 2.75) is 51.7 Å². The maximum Gasteiger partial charge on any atom is 0.306 e. The van der Waals surface area contributed by atoms with Gasteiger partial charge in [0.15, 0.2) is 0 Å². The van der Waals surface area contributed by atoms with Crippen molar-refractivity contribution in [3.8, 4) is 0 Å². The zero-order chi connectivity index (χ0) is 15.1. The van der Waals surface area contributed by atoms with Crippen molar-refractivity contribution in [2.24, 2.45) is 11.8 Å². The Morgan fingerprint density at radius 2 is 2.15 bits per heavy atom. The van der Waals surface area contributed by atoms with Crippen molar-refractivity contribution in [3.05, 3.63) is 11.9 Å². The number of nitrogen functional groups attached to an aromatic ring is 1. The highest BCUT2D eigenvalue weighted by Gasteiger charge is 2.34. The second-order valence-electron chi connectivity index (χ2n) is 6.36. The predicted molar refractivity (Wildman–Crippen MR) is 75.1 cm³/mol. The molecule has 112 valence electrons. The molecule has 1 saturated carbocycles. The average Bonchev–Trinajstić information content (AvgIpc) is 2.70. The maximum atomic E-state index is 11.1. The van der Waals surface area contributed by atoms with Crippen molar-refractivity contribution in [3.63, 3.8) is 0 Å². The summed E-state index contributed by atoms with van der Waals surface area (Å²) in [5.74, 6) is -0.872. The molecule has 1 aromatic rings. The van der Waals surface area contributed by atoms with Crippen LogP contribution in [-0.4, -0.2) is 26.0 Å². The van der Waals surface area contributed by atoms with E-state index in [2.05, 4.69) is 5.10 Å². The molecule has 1 aliphatic carbocycles. The summed E-state index contributed by atoms with van der Waals surface area (Å²) >= 11 is 0. The SMILES string of the molecule is CC1CC(n2cc(N)c(C(C)(C)O)n2)CCC1C(=O)O. The van der Waals surface area contributed by atoms with Gasteiger partial charge in [0.05, 0.1) is 17.6 Å². The molecule has 1 fully saturated rings. The van der Waals surface area contributed by atoms with Crippen LogP contribution in [0.15, 0.2) is 6.20 Å². The summed E-state index contributed by atoms with van der Waals surface area (Å²) in [6, 6.07) is 0.152. The van der Waals surface area contributed by atoms with E-state index in [-0.39, 0.29) is 17.9 Å². The summed E-state index contributed by atoms with van der Waals surface area (Å²) in [5.41, 5.74) is 5.79. The van der Waals surface area contributed by atoms with Gasteiger partial charge in [-0.2, -0.15) is 5.10 Å². The number of aliphatic hydroxyl groups is 1. The molecular formula is C14H23N3O3. The normalized spacial score (nSPS) is 27.5. The van der Waals surface area contributed by atoms with Crippen molar-refractivity contribution >= 4 is 11.7 Å². The molecule has 0 spiro atoms. The quantitative estimate of drug-likeness (QED) is 0.783. The standard InChI is InChI=1S/C14H23N3O3/c1-8-6-9(4-5-10(8)13(18)19)17-7-11(15)12(16-17)14(2,3)20/h7-10,20H,4-6,15H2,1-3H3,(H,18,19). The van der Waals surface area contributed by atoms with E-state index in [9.17, 15) is 9.90 Å². The highest BCUT2D eigenvalue weighted by Crippen LogP contribution is 2.37. The van der Waals surface area contributed by atoms with Gasteiger partial charge in [0.2, 0.25) is 0 Å². The van der Waals surface area contributed by atoms with Crippen LogP contribution in [0.2, 0.25) is 0 Å². The lowest BCUT2D eigenvalue weighted by atomic mass is 9.78. The summed E-state index contributed by atoms with van der Waals surface area (Å²) in [4.78, 5) is 11.1. The van der Waals surface area contributed by atoms with Gasteiger partial charge in [-0.25, -0.2) is 0 Å². The van der Waals surface area contributed by atoms with E-state index in [1.807, 2.05) is 6.92 Å². The second kappa shape index (κ2) is 5.09. The number of nitrogens with zero attached hydrogens (tertiary/aromatic N) is 2. The number of carboxylic acids is 1. The Morgan fingerprint density at radius 1 is 1.50 bits per heavy atom. The zero-order valence-electron chi connectivity index (χ0n) is 12.2. The highest BCUT2D eigenvalue weighted by atomic mass is 16.4. The number of aliphatic carboxylic acids is 1. The molecular weight excluding hydrogens is 258 g/mol. The van der Waals surface area contributed by atoms with Crippen LogP contribution in [0.5, 0.6) is 0 Å². The fourth-order valence-electron chi connectivity index (χ4n) is 3.04. The Morgan fingerprint density at radius 3 is 2.60 bits per heavy atom. The van der Waals surface area contributed by atoms with E-state index in [1.165, 1.54) is 0 Å². The monoisotopic (exact) mass is 281 g/mol. The number of carboxylic acid groups (broad SMARTS) is 1. The largest absolute Gasteiger partial charge is 0.481 e. The van der Waals surface area contributed by atoms with Gasteiger partial charge in [-0.3, -0.25) is 9.48 Å². The molecule has 2 rings (SSSR count). The molecule has 3 unspecified atom stereocenters. The van der Waals surface area contributed by atoms with Gasteiger partial charge in [-0.15, -0.1) is 0 Å². The van der Waals surface area contributed by atoms with Crippen LogP contribution < -0.4 is 5.73 Å². The Balaban J connectivity index is 2.16. The zero-order valence-corrected chi connectivity index (χ0v) is 12.2. The van der Waals surface area contributed by atoms with Crippen LogP contribution in [0.4, 0.5) is 5.69 Å². The van der Waals surface area contributed by atoms with Crippen LogP contribution in [0.3, 0.4) is 0 Å². The van der Waals surface area contributed by atoms with Gasteiger partial charge >= 0.3 is 5.97 Å². The molecule has 6 nitrogen and oxygen atoms in total. The van der Waals surface area contributed by atoms with Crippen LogP contribution in [0, 0.1) is 11.8 Å². The van der Waals surface area contributed by atoms with Crippen LogP contribution in [0.1, 0.15) is 51.8 Å². The number of aromatic nitrogens is 2. The lowest BCUT2D eigenvalue weighted by Gasteiger charge is -2.31. The number of rotatable bonds is 3. The summed E-state index contributed by atoms with van der Waals surface area (Å²) in [7, 11) is 0. The van der Waals surface area contributed by atoms with Crippen molar-refractivity contribution < 1.29 is 15.0 Å². The second-order valence-corrected chi connectivity index (χ2v) is 6.36. The van der Waals surface area contributed by atoms with Gasteiger partial charge in [-0.1, -0.05) is 6.92 Å². The predicted octanol–water partition coefficient (Wildman–Crippen LogP) is 1.75. The number of hydrogen-bond acceptors (Lipinski definition) is 4. The summed E-state index contributed by atoms with van der Waals surface area (Å²) < 4.78 is 1.79. The first-order valence-corrected chi connectivity index (χ1v) is 7.00. The summed E-state index contributed by atoms with van der Waals surface area (Å²) in [6.45, 7) is 5.27. The van der Waals surface area contributed by atoms with E-state index in [0.29, 0.717) is 17.8 Å². The Kier molecular flexibility index (Phi) is 3.77. The molecule has 1 heterocycles. The van der Waals surface area contributed by atoms with Gasteiger partial charge in [0.25, 0.3) is 0 Å². The minimum Gasteiger partial charge on any atom is -0.481 e. The number of anilines is 1. The summed E-state index contributed by atoms with van der Waals surface area (Å²) in [5, 5.41) is 23.6. The minimum atomic E-state index is -1.07. The van der Waals surface area contributed by atoms with Crippen molar-refractivity contribution in [2.75, 3.05) is 5.73 Å². The van der Waals surface area contributed by atoms with Crippen LogP contribution in [0.25, 0.3) is 0 Å². The van der Waals surface area contributed by atoms with E-state index in [1.54, 1.807) is 24.7 Å². The molecule has 0 amide bonds. The van der Waals surface area contributed by atoms with Crippen molar-refractivity contribution in [1.82, 2.24) is 9.78 Å². The molecule has 20 heavy (non-hydrogen) atoms. The summed E-state index contributed by atoms with van der Waals surface area (Å²) in [6.07, 6.45) is 3.93. The average molecular weight is 281 g/mol. The Labute approximate surface area is 118 Å². The van der Waals surface area contributed by atoms with Crippen LogP contribution >= 0.6 is 0 Å². The maximum absolute atomic E-state index is 11.1. The lowest BCUT2D eigenvalue weighted by molar-refractivity contribution is -0.145. The molecule has 1 aromatic heterocycles. The number of hydrogen-bond donors (Lipinski definition) is 3. The molecule has 0 aliphatic heterocycles. The molecule has 6 heteroatoms. The third kappa shape index (κ3) is 2.80. The first kappa shape index (κ1) is 14.8. The van der Waals surface area contributed by atoms with Gasteiger partial charge in [0.1, 0.15) is 11.3 Å². The third-order valence-electron chi connectivity index (χ3n) is 4.17. The van der Waals surface area contributed by atoms with E-state index >= 15 is 0 Å². The first-order chi connectivity index (χ1) is 9.20.